The summed E-state index contributed by atoms with van der Waals surface area (Å²) in [7, 11) is 0. The SMILES string of the molecule is CC.Cc1c2ccccc2c(C)n1CCCC(N)C(=O)O. The van der Waals surface area contributed by atoms with Crippen molar-refractivity contribution in [1.82, 2.24) is 4.57 Å². The molecule has 0 bridgehead atoms. The Morgan fingerprint density at radius 3 is 2.10 bits per heavy atom. The zero-order valence-corrected chi connectivity index (χ0v) is 13.4. The van der Waals surface area contributed by atoms with E-state index in [1.807, 2.05) is 26.0 Å². The van der Waals surface area contributed by atoms with Gasteiger partial charge in [0, 0.05) is 28.7 Å². The van der Waals surface area contributed by atoms with Gasteiger partial charge in [0.05, 0.1) is 0 Å². The van der Waals surface area contributed by atoms with E-state index in [4.69, 9.17) is 10.8 Å². The van der Waals surface area contributed by atoms with Crippen molar-refractivity contribution >= 4 is 16.7 Å². The molecular formula is C17H26N2O2. The predicted octanol–water partition coefficient (Wildman–Crippen LogP) is 3.48. The number of nitrogens with zero attached hydrogens (tertiary/aromatic N) is 1. The number of aliphatic carboxylic acids is 1. The second-order valence-electron chi connectivity index (χ2n) is 4.96. The van der Waals surface area contributed by atoms with Gasteiger partial charge in [0.25, 0.3) is 0 Å². The van der Waals surface area contributed by atoms with Gasteiger partial charge >= 0.3 is 5.97 Å². The fourth-order valence-electron chi connectivity index (χ4n) is 2.58. The molecule has 0 aliphatic carbocycles. The summed E-state index contributed by atoms with van der Waals surface area (Å²) < 4.78 is 2.25. The molecule has 4 nitrogen and oxygen atoms in total. The minimum atomic E-state index is -0.925. The van der Waals surface area contributed by atoms with E-state index in [1.165, 1.54) is 22.2 Å². The largest absolute Gasteiger partial charge is 0.480 e. The van der Waals surface area contributed by atoms with Crippen molar-refractivity contribution in [3.63, 3.8) is 0 Å². The number of hydrogen-bond donors (Lipinski definition) is 2. The Morgan fingerprint density at radius 2 is 1.67 bits per heavy atom. The zero-order valence-electron chi connectivity index (χ0n) is 13.4. The maximum atomic E-state index is 10.7. The van der Waals surface area contributed by atoms with E-state index in [-0.39, 0.29) is 0 Å². The Hall–Kier alpha value is -1.81. The number of rotatable bonds is 5. The molecule has 0 aliphatic heterocycles. The van der Waals surface area contributed by atoms with Crippen molar-refractivity contribution < 1.29 is 9.90 Å². The summed E-state index contributed by atoms with van der Waals surface area (Å²) in [4.78, 5) is 10.7. The van der Waals surface area contributed by atoms with Crippen molar-refractivity contribution in [1.29, 1.82) is 0 Å². The Kier molecular flexibility index (Phi) is 6.43. The van der Waals surface area contributed by atoms with Gasteiger partial charge in [-0.15, -0.1) is 0 Å². The number of fused-ring (bicyclic) bond motifs is 1. The highest BCUT2D eigenvalue weighted by Crippen LogP contribution is 2.25. The van der Waals surface area contributed by atoms with Gasteiger partial charge in [0.2, 0.25) is 0 Å². The van der Waals surface area contributed by atoms with Crippen LogP contribution in [0.4, 0.5) is 0 Å². The van der Waals surface area contributed by atoms with Crippen molar-refractivity contribution in [3.8, 4) is 0 Å². The van der Waals surface area contributed by atoms with Crippen LogP contribution >= 0.6 is 0 Å². The molecule has 2 rings (SSSR count). The summed E-state index contributed by atoms with van der Waals surface area (Å²) in [6.07, 6.45) is 1.28. The minimum absolute atomic E-state index is 0.503. The van der Waals surface area contributed by atoms with E-state index >= 15 is 0 Å². The monoisotopic (exact) mass is 290 g/mol. The van der Waals surface area contributed by atoms with Crippen molar-refractivity contribution in [3.05, 3.63) is 35.7 Å². The van der Waals surface area contributed by atoms with Gasteiger partial charge in [-0.3, -0.25) is 4.79 Å². The molecule has 0 saturated carbocycles. The van der Waals surface area contributed by atoms with E-state index in [9.17, 15) is 4.79 Å². The molecule has 21 heavy (non-hydrogen) atoms. The lowest BCUT2D eigenvalue weighted by molar-refractivity contribution is -0.138. The standard InChI is InChI=1S/C15H20N2O2.C2H6/c1-10-12-6-3-4-7-13(12)11(2)17(10)9-5-8-14(16)15(18)19;1-2/h3-4,6-7,14H,5,8-9,16H2,1-2H3,(H,18,19);1-2H3. The Balaban J connectivity index is 0.00000106. The first kappa shape index (κ1) is 17.2. The number of carboxylic acid groups (broad SMARTS) is 1. The molecule has 1 atom stereocenters. The molecule has 1 aromatic carbocycles. The summed E-state index contributed by atoms with van der Waals surface area (Å²) in [6.45, 7) is 9.02. The van der Waals surface area contributed by atoms with Crippen LogP contribution in [-0.4, -0.2) is 21.7 Å². The van der Waals surface area contributed by atoms with Crippen LogP contribution in [0.2, 0.25) is 0 Å². The lowest BCUT2D eigenvalue weighted by atomic mass is 10.1. The molecule has 3 N–H and O–H groups in total. The smallest absolute Gasteiger partial charge is 0.320 e. The van der Waals surface area contributed by atoms with Gasteiger partial charge < -0.3 is 15.4 Å². The molecule has 0 saturated heterocycles. The van der Waals surface area contributed by atoms with Gasteiger partial charge in [0.1, 0.15) is 6.04 Å². The highest BCUT2D eigenvalue weighted by atomic mass is 16.4. The van der Waals surface area contributed by atoms with Crippen molar-refractivity contribution in [2.24, 2.45) is 5.73 Å². The third kappa shape index (κ3) is 3.85. The average Bonchev–Trinajstić information content (AvgIpc) is 2.74. The molecule has 2 aromatic rings. The molecule has 0 aliphatic rings. The Bertz CT molecular complexity index is 563. The van der Waals surface area contributed by atoms with Crippen LogP contribution in [-0.2, 0) is 11.3 Å². The molecule has 1 unspecified atom stereocenters. The summed E-state index contributed by atoms with van der Waals surface area (Å²) in [5.74, 6) is -0.925. The maximum Gasteiger partial charge on any atom is 0.320 e. The second kappa shape index (κ2) is 7.84. The number of aromatic nitrogens is 1. The highest BCUT2D eigenvalue weighted by molar-refractivity contribution is 5.88. The normalized spacial score (nSPS) is 11.9. The lowest BCUT2D eigenvalue weighted by Gasteiger charge is -2.10. The molecule has 0 radical (unpaired) electrons. The molecule has 0 amide bonds. The maximum absolute atomic E-state index is 10.7. The minimum Gasteiger partial charge on any atom is -0.480 e. The van der Waals surface area contributed by atoms with Gasteiger partial charge in [-0.25, -0.2) is 0 Å². The van der Waals surface area contributed by atoms with Crippen molar-refractivity contribution in [2.45, 2.75) is 53.1 Å². The highest BCUT2D eigenvalue weighted by Gasteiger charge is 2.13. The van der Waals surface area contributed by atoms with E-state index in [2.05, 4.69) is 30.5 Å². The molecule has 0 fully saturated rings. The van der Waals surface area contributed by atoms with Gasteiger partial charge in [-0.1, -0.05) is 38.1 Å². The fraction of sp³-hybridized carbons (Fsp3) is 0.471. The lowest BCUT2D eigenvalue weighted by Crippen LogP contribution is -2.30. The van der Waals surface area contributed by atoms with Crippen LogP contribution < -0.4 is 5.73 Å². The summed E-state index contributed by atoms with van der Waals surface area (Å²) in [5.41, 5.74) is 7.99. The van der Waals surface area contributed by atoms with E-state index in [0.717, 1.165) is 13.0 Å². The molecule has 4 heteroatoms. The van der Waals surface area contributed by atoms with E-state index < -0.39 is 12.0 Å². The third-order valence-electron chi connectivity index (χ3n) is 3.73. The quantitative estimate of drug-likeness (QED) is 0.886. The summed E-state index contributed by atoms with van der Waals surface area (Å²) >= 11 is 0. The van der Waals surface area contributed by atoms with Crippen LogP contribution in [0.1, 0.15) is 38.1 Å². The third-order valence-corrected chi connectivity index (χ3v) is 3.73. The van der Waals surface area contributed by atoms with Crippen LogP contribution in [0, 0.1) is 13.8 Å². The first-order chi connectivity index (χ1) is 10.0. The van der Waals surface area contributed by atoms with Crippen molar-refractivity contribution in [2.75, 3.05) is 0 Å². The van der Waals surface area contributed by atoms with Crippen LogP contribution in [0.25, 0.3) is 10.8 Å². The van der Waals surface area contributed by atoms with E-state index in [0.29, 0.717) is 6.42 Å². The van der Waals surface area contributed by atoms with Crippen LogP contribution in [0.3, 0.4) is 0 Å². The number of nitrogens with two attached hydrogens (primary N) is 1. The molecule has 1 aromatic heterocycles. The van der Waals surface area contributed by atoms with Gasteiger partial charge in [0.15, 0.2) is 0 Å². The summed E-state index contributed by atoms with van der Waals surface area (Å²) in [5, 5.41) is 11.3. The van der Waals surface area contributed by atoms with Gasteiger partial charge in [-0.2, -0.15) is 0 Å². The number of benzene rings is 1. The molecule has 1 heterocycles. The molecule has 116 valence electrons. The number of aryl methyl sites for hydroxylation is 2. The predicted molar refractivity (Wildman–Crippen MR) is 87.6 cm³/mol. The van der Waals surface area contributed by atoms with Crippen LogP contribution in [0.15, 0.2) is 24.3 Å². The number of carboxylic acids is 1. The molecular weight excluding hydrogens is 264 g/mol. The molecule has 0 spiro atoms. The topological polar surface area (TPSA) is 68.2 Å². The fourth-order valence-corrected chi connectivity index (χ4v) is 2.58. The van der Waals surface area contributed by atoms with Crippen LogP contribution in [0.5, 0.6) is 0 Å². The average molecular weight is 290 g/mol. The summed E-state index contributed by atoms with van der Waals surface area (Å²) in [6, 6.07) is 7.57. The van der Waals surface area contributed by atoms with E-state index in [1.54, 1.807) is 0 Å². The first-order valence-electron chi connectivity index (χ1n) is 7.55. The first-order valence-corrected chi connectivity index (χ1v) is 7.55. The zero-order chi connectivity index (χ0) is 16.0. The number of hydrogen-bond acceptors (Lipinski definition) is 2. The Labute approximate surface area is 126 Å². The second-order valence-corrected chi connectivity index (χ2v) is 4.96. The Morgan fingerprint density at radius 1 is 1.19 bits per heavy atom. The number of carbonyl (C=O) groups is 1. The van der Waals surface area contributed by atoms with Gasteiger partial charge in [-0.05, 0) is 26.7 Å².